The molecule has 6 heteroatoms. The number of carbonyl (C=O) groups is 2. The van der Waals surface area contributed by atoms with E-state index in [1.54, 1.807) is 7.05 Å². The molecule has 2 fully saturated rings. The molecule has 2 aliphatic carbocycles. The fraction of sp³-hybridized carbons (Fsp3) is 0.857. The van der Waals surface area contributed by atoms with Gasteiger partial charge in [0.25, 0.3) is 0 Å². The van der Waals surface area contributed by atoms with E-state index in [4.69, 9.17) is 5.73 Å². The van der Waals surface area contributed by atoms with Gasteiger partial charge in [-0.3, -0.25) is 9.59 Å². The van der Waals surface area contributed by atoms with E-state index >= 15 is 0 Å². The number of nitrogens with one attached hydrogen (secondary N) is 1. The van der Waals surface area contributed by atoms with Crippen molar-refractivity contribution >= 4 is 24.2 Å². The van der Waals surface area contributed by atoms with E-state index in [2.05, 4.69) is 5.32 Å². The molecular formula is C14H26ClN3O2. The monoisotopic (exact) mass is 303 g/mol. The van der Waals surface area contributed by atoms with Crippen LogP contribution in [0.15, 0.2) is 0 Å². The average Bonchev–Trinajstić information content (AvgIpc) is 3.15. The number of hydrogen-bond donors (Lipinski definition) is 2. The van der Waals surface area contributed by atoms with Gasteiger partial charge in [-0.15, -0.1) is 12.4 Å². The van der Waals surface area contributed by atoms with Crippen LogP contribution in [0.3, 0.4) is 0 Å². The van der Waals surface area contributed by atoms with Crippen LogP contribution in [0.25, 0.3) is 0 Å². The zero-order chi connectivity index (χ0) is 13.8. The Morgan fingerprint density at radius 2 is 1.85 bits per heavy atom. The maximum atomic E-state index is 12.1. The number of likely N-dealkylation sites (N-methyl/N-ethyl adjacent to an activating group) is 1. The second kappa shape index (κ2) is 7.84. The van der Waals surface area contributed by atoms with Gasteiger partial charge in [-0.2, -0.15) is 0 Å². The van der Waals surface area contributed by atoms with Crippen LogP contribution < -0.4 is 11.1 Å². The summed E-state index contributed by atoms with van der Waals surface area (Å²) < 4.78 is 0. The summed E-state index contributed by atoms with van der Waals surface area (Å²) in [6.45, 7) is 0.164. The summed E-state index contributed by atoms with van der Waals surface area (Å²) in [7, 11) is 1.70. The van der Waals surface area contributed by atoms with Crippen molar-refractivity contribution in [1.82, 2.24) is 10.2 Å². The summed E-state index contributed by atoms with van der Waals surface area (Å²) in [4.78, 5) is 25.2. The van der Waals surface area contributed by atoms with Crippen molar-refractivity contribution in [1.29, 1.82) is 0 Å². The zero-order valence-electron chi connectivity index (χ0n) is 12.1. The lowest BCUT2D eigenvalue weighted by Gasteiger charge is -2.29. The smallest absolute Gasteiger partial charge is 0.239 e. The SMILES string of the molecule is CN(CC(=O)NC1CC1)C(=O)CC1CCCCC1N.Cl. The summed E-state index contributed by atoms with van der Waals surface area (Å²) in [6.07, 6.45) is 7.01. The maximum absolute atomic E-state index is 12.1. The first-order valence-electron chi connectivity index (χ1n) is 7.35. The van der Waals surface area contributed by atoms with Crippen molar-refractivity contribution in [2.24, 2.45) is 11.7 Å². The van der Waals surface area contributed by atoms with Gasteiger partial charge in [0.1, 0.15) is 0 Å². The van der Waals surface area contributed by atoms with Crippen LogP contribution in [0.4, 0.5) is 0 Å². The summed E-state index contributed by atoms with van der Waals surface area (Å²) >= 11 is 0. The van der Waals surface area contributed by atoms with Crippen LogP contribution in [-0.4, -0.2) is 42.4 Å². The predicted molar refractivity (Wildman–Crippen MR) is 80.6 cm³/mol. The normalized spacial score (nSPS) is 25.5. The Balaban J connectivity index is 0.00000200. The van der Waals surface area contributed by atoms with Crippen LogP contribution in [0.1, 0.15) is 44.9 Å². The number of halogens is 1. The number of hydrogen-bond acceptors (Lipinski definition) is 3. The van der Waals surface area contributed by atoms with Gasteiger partial charge in [-0.25, -0.2) is 0 Å². The largest absolute Gasteiger partial charge is 0.352 e. The van der Waals surface area contributed by atoms with E-state index < -0.39 is 0 Å². The second-order valence-corrected chi connectivity index (χ2v) is 6.00. The van der Waals surface area contributed by atoms with Crippen LogP contribution in [0, 0.1) is 5.92 Å². The number of nitrogens with two attached hydrogens (primary N) is 1. The van der Waals surface area contributed by atoms with Crippen molar-refractivity contribution in [3.63, 3.8) is 0 Å². The quantitative estimate of drug-likeness (QED) is 0.797. The fourth-order valence-corrected chi connectivity index (χ4v) is 2.67. The van der Waals surface area contributed by atoms with Crippen LogP contribution in [0.5, 0.6) is 0 Å². The van der Waals surface area contributed by atoms with E-state index in [0.717, 1.165) is 32.1 Å². The average molecular weight is 304 g/mol. The Bertz CT molecular complexity index is 347. The van der Waals surface area contributed by atoms with E-state index in [-0.39, 0.29) is 42.7 Å². The first kappa shape index (κ1) is 17.2. The summed E-state index contributed by atoms with van der Waals surface area (Å²) in [5.74, 6) is 0.273. The summed E-state index contributed by atoms with van der Waals surface area (Å²) in [5.41, 5.74) is 6.05. The lowest BCUT2D eigenvalue weighted by atomic mass is 9.83. The summed E-state index contributed by atoms with van der Waals surface area (Å²) in [5, 5.41) is 2.89. The van der Waals surface area contributed by atoms with Gasteiger partial charge in [0.15, 0.2) is 0 Å². The third-order valence-corrected chi connectivity index (χ3v) is 4.15. The minimum atomic E-state index is -0.0497. The molecule has 0 heterocycles. The molecule has 3 N–H and O–H groups in total. The van der Waals surface area contributed by atoms with Crippen LogP contribution in [0.2, 0.25) is 0 Å². The second-order valence-electron chi connectivity index (χ2n) is 6.00. The molecule has 2 rings (SSSR count). The molecule has 2 unspecified atom stereocenters. The molecule has 0 aromatic rings. The lowest BCUT2D eigenvalue weighted by Crippen LogP contribution is -2.42. The van der Waals surface area contributed by atoms with E-state index in [1.807, 2.05) is 0 Å². The topological polar surface area (TPSA) is 75.4 Å². The highest BCUT2D eigenvalue weighted by Gasteiger charge is 2.27. The highest BCUT2D eigenvalue weighted by molar-refractivity contribution is 5.85. The van der Waals surface area contributed by atoms with Crippen LogP contribution in [-0.2, 0) is 9.59 Å². The van der Waals surface area contributed by atoms with Crippen molar-refractivity contribution in [3.8, 4) is 0 Å². The molecule has 116 valence electrons. The molecule has 0 spiro atoms. The first-order chi connectivity index (χ1) is 9.06. The molecule has 0 bridgehead atoms. The van der Waals surface area contributed by atoms with Gasteiger partial charge in [-0.1, -0.05) is 12.8 Å². The van der Waals surface area contributed by atoms with Crippen molar-refractivity contribution in [3.05, 3.63) is 0 Å². The molecule has 2 saturated carbocycles. The first-order valence-corrected chi connectivity index (χ1v) is 7.35. The van der Waals surface area contributed by atoms with E-state index in [0.29, 0.717) is 12.5 Å². The van der Waals surface area contributed by atoms with Gasteiger partial charge in [0.05, 0.1) is 6.54 Å². The maximum Gasteiger partial charge on any atom is 0.239 e. The number of amides is 2. The number of carbonyl (C=O) groups excluding carboxylic acids is 2. The Morgan fingerprint density at radius 1 is 1.20 bits per heavy atom. The molecule has 5 nitrogen and oxygen atoms in total. The zero-order valence-corrected chi connectivity index (χ0v) is 13.0. The lowest BCUT2D eigenvalue weighted by molar-refractivity contribution is -0.135. The van der Waals surface area contributed by atoms with Crippen molar-refractivity contribution < 1.29 is 9.59 Å². The van der Waals surface area contributed by atoms with Crippen LogP contribution >= 0.6 is 12.4 Å². The molecular weight excluding hydrogens is 278 g/mol. The molecule has 0 aliphatic heterocycles. The van der Waals surface area contributed by atoms with Gasteiger partial charge in [0.2, 0.25) is 11.8 Å². The Kier molecular flexibility index (Phi) is 6.76. The number of rotatable bonds is 5. The van der Waals surface area contributed by atoms with Gasteiger partial charge >= 0.3 is 0 Å². The highest BCUT2D eigenvalue weighted by atomic mass is 35.5. The van der Waals surface area contributed by atoms with Gasteiger partial charge < -0.3 is 16.0 Å². The predicted octanol–water partition coefficient (Wildman–Crippen LogP) is 1.05. The molecule has 2 amide bonds. The standard InChI is InChI=1S/C14H25N3O2.ClH/c1-17(9-13(18)16-11-6-7-11)14(19)8-10-4-2-3-5-12(10)15;/h10-12H,2-9,15H2,1H3,(H,16,18);1H. The molecule has 0 saturated heterocycles. The molecule has 2 atom stereocenters. The molecule has 0 aromatic carbocycles. The fourth-order valence-electron chi connectivity index (χ4n) is 2.67. The Hall–Kier alpha value is -0.810. The highest BCUT2D eigenvalue weighted by Crippen LogP contribution is 2.26. The Morgan fingerprint density at radius 3 is 2.45 bits per heavy atom. The number of nitrogens with zero attached hydrogens (tertiary/aromatic N) is 1. The third-order valence-electron chi connectivity index (χ3n) is 4.15. The van der Waals surface area contributed by atoms with Gasteiger partial charge in [0, 0.05) is 25.6 Å². The minimum Gasteiger partial charge on any atom is -0.352 e. The molecule has 20 heavy (non-hydrogen) atoms. The van der Waals surface area contributed by atoms with Crippen molar-refractivity contribution in [2.45, 2.75) is 57.0 Å². The van der Waals surface area contributed by atoms with E-state index in [9.17, 15) is 9.59 Å². The molecule has 0 radical (unpaired) electrons. The molecule has 2 aliphatic rings. The van der Waals surface area contributed by atoms with Gasteiger partial charge in [-0.05, 0) is 31.6 Å². The molecule has 0 aromatic heterocycles. The Labute approximate surface area is 127 Å². The van der Waals surface area contributed by atoms with Crippen molar-refractivity contribution in [2.75, 3.05) is 13.6 Å². The van der Waals surface area contributed by atoms with E-state index in [1.165, 1.54) is 11.3 Å². The minimum absolute atomic E-state index is 0. The third kappa shape index (κ3) is 5.29. The summed E-state index contributed by atoms with van der Waals surface area (Å²) in [6, 6.07) is 0.495.